The summed E-state index contributed by atoms with van der Waals surface area (Å²) >= 11 is 1.85. The van der Waals surface area contributed by atoms with Crippen LogP contribution in [0.1, 0.15) is 45.4 Å². The molecule has 5 nitrogen and oxygen atoms in total. The smallest absolute Gasteiger partial charge is 0.315 e. The number of carboxylic acids is 1. The second-order valence-corrected chi connectivity index (χ2v) is 7.29. The first-order valence-corrected chi connectivity index (χ1v) is 8.57. The molecule has 0 aromatic carbocycles. The quantitative estimate of drug-likeness (QED) is 0.744. The van der Waals surface area contributed by atoms with Crippen LogP contribution in [-0.4, -0.2) is 40.7 Å². The van der Waals surface area contributed by atoms with E-state index in [1.54, 1.807) is 6.92 Å². The minimum Gasteiger partial charge on any atom is -0.481 e. The molecule has 0 heterocycles. The fourth-order valence-corrected chi connectivity index (χ4v) is 4.12. The number of carboxylic acid groups (broad SMARTS) is 1. The number of amides is 2. The largest absolute Gasteiger partial charge is 0.481 e. The van der Waals surface area contributed by atoms with Gasteiger partial charge in [-0.05, 0) is 45.3 Å². The fourth-order valence-electron chi connectivity index (χ4n) is 3.32. The molecule has 0 spiro atoms. The molecule has 4 unspecified atom stereocenters. The third-order valence-electron chi connectivity index (χ3n) is 4.80. The van der Waals surface area contributed by atoms with Gasteiger partial charge in [-0.15, -0.1) is 0 Å². The van der Waals surface area contributed by atoms with Crippen molar-refractivity contribution in [1.29, 1.82) is 0 Å². The lowest BCUT2D eigenvalue weighted by Crippen LogP contribution is -2.51. The normalized spacial score (nSPS) is 36.8. The number of nitrogens with one attached hydrogen (secondary N) is 2. The van der Waals surface area contributed by atoms with E-state index in [1.165, 1.54) is 0 Å². The first-order chi connectivity index (χ1) is 9.45. The van der Waals surface area contributed by atoms with E-state index in [2.05, 4.69) is 16.9 Å². The molecule has 2 amide bonds. The van der Waals surface area contributed by atoms with Gasteiger partial charge in [0.1, 0.15) is 0 Å². The summed E-state index contributed by atoms with van der Waals surface area (Å²) in [6, 6.07) is -0.251. The lowest BCUT2D eigenvalue weighted by atomic mass is 9.85. The number of rotatable bonds is 4. The molecular formula is C14H24N2O3S. The van der Waals surface area contributed by atoms with Gasteiger partial charge in [-0.25, -0.2) is 4.79 Å². The van der Waals surface area contributed by atoms with Crippen molar-refractivity contribution in [2.75, 3.05) is 6.26 Å². The van der Waals surface area contributed by atoms with Crippen LogP contribution in [0.2, 0.25) is 0 Å². The fraction of sp³-hybridized carbons (Fsp3) is 0.857. The van der Waals surface area contributed by atoms with Crippen LogP contribution >= 0.6 is 11.8 Å². The molecule has 0 radical (unpaired) electrons. The van der Waals surface area contributed by atoms with Crippen LogP contribution in [0.5, 0.6) is 0 Å². The van der Waals surface area contributed by atoms with Gasteiger partial charge < -0.3 is 15.7 Å². The summed E-state index contributed by atoms with van der Waals surface area (Å²) in [7, 11) is 0. The van der Waals surface area contributed by atoms with Gasteiger partial charge in [0.15, 0.2) is 0 Å². The van der Waals surface area contributed by atoms with E-state index in [0.29, 0.717) is 11.7 Å². The van der Waals surface area contributed by atoms with Crippen LogP contribution in [0.15, 0.2) is 0 Å². The molecular weight excluding hydrogens is 276 g/mol. The van der Waals surface area contributed by atoms with E-state index < -0.39 is 11.4 Å². The molecule has 2 rings (SSSR count). The van der Waals surface area contributed by atoms with Crippen LogP contribution in [-0.2, 0) is 4.79 Å². The van der Waals surface area contributed by atoms with Crippen molar-refractivity contribution in [3.8, 4) is 0 Å². The number of hydrogen-bond donors (Lipinski definition) is 3. The number of carbonyl (C=O) groups is 2. The van der Waals surface area contributed by atoms with Crippen molar-refractivity contribution >= 4 is 23.8 Å². The molecule has 3 N–H and O–H groups in total. The Morgan fingerprint density at radius 1 is 1.25 bits per heavy atom. The summed E-state index contributed by atoms with van der Waals surface area (Å²) in [4.78, 5) is 23.4. The van der Waals surface area contributed by atoms with Crippen LogP contribution in [0, 0.1) is 5.41 Å². The number of hydrogen-bond acceptors (Lipinski definition) is 3. The molecule has 0 saturated heterocycles. The van der Waals surface area contributed by atoms with Crippen molar-refractivity contribution in [3.05, 3.63) is 0 Å². The summed E-state index contributed by atoms with van der Waals surface area (Å²) in [5.74, 6) is -0.816. The zero-order valence-corrected chi connectivity index (χ0v) is 13.0. The average Bonchev–Trinajstić information content (AvgIpc) is 2.98. The Labute approximate surface area is 124 Å². The predicted octanol–water partition coefficient (Wildman–Crippen LogP) is 2.21. The van der Waals surface area contributed by atoms with Gasteiger partial charge in [0.25, 0.3) is 0 Å². The highest BCUT2D eigenvalue weighted by molar-refractivity contribution is 7.99. The van der Waals surface area contributed by atoms with E-state index in [0.717, 1.165) is 32.1 Å². The Balaban J connectivity index is 1.84. The van der Waals surface area contributed by atoms with Gasteiger partial charge in [0.2, 0.25) is 0 Å². The lowest BCUT2D eigenvalue weighted by molar-refractivity contribution is -0.148. The van der Waals surface area contributed by atoms with Gasteiger partial charge in [0.05, 0.1) is 5.41 Å². The molecule has 114 valence electrons. The zero-order chi connectivity index (χ0) is 14.8. The molecule has 0 aromatic heterocycles. The van der Waals surface area contributed by atoms with Crippen LogP contribution in [0.3, 0.4) is 0 Å². The van der Waals surface area contributed by atoms with Crippen molar-refractivity contribution < 1.29 is 14.7 Å². The van der Waals surface area contributed by atoms with E-state index >= 15 is 0 Å². The molecule has 2 fully saturated rings. The summed E-state index contributed by atoms with van der Waals surface area (Å²) in [5.41, 5.74) is -0.825. The van der Waals surface area contributed by atoms with E-state index in [-0.39, 0.29) is 18.1 Å². The van der Waals surface area contributed by atoms with Gasteiger partial charge in [-0.1, -0.05) is 6.42 Å². The highest BCUT2D eigenvalue weighted by atomic mass is 32.2. The van der Waals surface area contributed by atoms with Crippen LogP contribution in [0.25, 0.3) is 0 Å². The first kappa shape index (κ1) is 15.5. The average molecular weight is 300 g/mol. The van der Waals surface area contributed by atoms with Gasteiger partial charge in [-0.2, -0.15) is 11.8 Å². The van der Waals surface area contributed by atoms with Gasteiger partial charge in [-0.3, -0.25) is 4.79 Å². The third-order valence-corrected chi connectivity index (χ3v) is 5.90. The predicted molar refractivity (Wildman–Crippen MR) is 80.0 cm³/mol. The maximum Gasteiger partial charge on any atom is 0.315 e. The molecule has 2 aliphatic rings. The third kappa shape index (κ3) is 3.22. The topological polar surface area (TPSA) is 78.4 Å². The van der Waals surface area contributed by atoms with E-state index in [9.17, 15) is 14.7 Å². The van der Waals surface area contributed by atoms with Crippen molar-refractivity contribution in [3.63, 3.8) is 0 Å². The second-order valence-electron chi connectivity index (χ2n) is 6.15. The molecule has 20 heavy (non-hydrogen) atoms. The Kier molecular flexibility index (Phi) is 4.83. The summed E-state index contributed by atoms with van der Waals surface area (Å²) in [5, 5.41) is 15.8. The number of aliphatic carboxylic acids is 1. The highest BCUT2D eigenvalue weighted by Crippen LogP contribution is 2.38. The van der Waals surface area contributed by atoms with Crippen molar-refractivity contribution in [2.24, 2.45) is 5.41 Å². The maximum atomic E-state index is 12.0. The summed E-state index contributed by atoms with van der Waals surface area (Å²) in [6.07, 6.45) is 7.49. The van der Waals surface area contributed by atoms with E-state index in [4.69, 9.17) is 0 Å². The number of urea groups is 1. The zero-order valence-electron chi connectivity index (χ0n) is 12.1. The number of thioether (sulfide) groups is 1. The molecule has 6 heteroatoms. The Morgan fingerprint density at radius 2 is 2.00 bits per heavy atom. The lowest BCUT2D eigenvalue weighted by Gasteiger charge is -2.28. The van der Waals surface area contributed by atoms with Gasteiger partial charge in [0, 0.05) is 17.3 Å². The van der Waals surface area contributed by atoms with Crippen molar-refractivity contribution in [2.45, 2.75) is 62.8 Å². The Hall–Kier alpha value is -0.910. The monoisotopic (exact) mass is 300 g/mol. The van der Waals surface area contributed by atoms with Gasteiger partial charge >= 0.3 is 12.0 Å². The molecule has 0 aromatic rings. The Morgan fingerprint density at radius 3 is 2.60 bits per heavy atom. The minimum absolute atomic E-state index is 0.212. The minimum atomic E-state index is -0.825. The molecule has 4 atom stereocenters. The second kappa shape index (κ2) is 6.24. The SMILES string of the molecule is CSC1CCC(NC(=O)NC2CCCC2(C)C(=O)O)C1. The van der Waals surface area contributed by atoms with Crippen LogP contribution in [0.4, 0.5) is 4.79 Å². The number of carbonyl (C=O) groups excluding carboxylic acids is 1. The van der Waals surface area contributed by atoms with E-state index in [1.807, 2.05) is 11.8 Å². The summed E-state index contributed by atoms with van der Waals surface area (Å²) in [6.45, 7) is 1.73. The molecule has 0 aliphatic heterocycles. The maximum absolute atomic E-state index is 12.0. The molecule has 2 aliphatic carbocycles. The summed E-state index contributed by atoms with van der Waals surface area (Å²) < 4.78 is 0. The standard InChI is InChI=1S/C14H24N2O3S/c1-14(12(17)18)7-3-4-11(14)16-13(19)15-9-5-6-10(8-9)20-2/h9-11H,3-8H2,1-2H3,(H,17,18)(H2,15,16,19). The van der Waals surface area contributed by atoms with Crippen molar-refractivity contribution in [1.82, 2.24) is 10.6 Å². The highest BCUT2D eigenvalue weighted by Gasteiger charge is 2.46. The van der Waals surface area contributed by atoms with Crippen LogP contribution < -0.4 is 10.6 Å². The Bertz CT molecular complexity index is 391. The molecule has 0 bridgehead atoms. The molecule has 2 saturated carbocycles. The first-order valence-electron chi connectivity index (χ1n) is 7.29.